The predicted octanol–water partition coefficient (Wildman–Crippen LogP) is 3.18. The lowest BCUT2D eigenvalue weighted by Gasteiger charge is -2.36. The summed E-state index contributed by atoms with van der Waals surface area (Å²) in [6.07, 6.45) is 1.78. The highest BCUT2D eigenvalue weighted by Crippen LogP contribution is 2.11. The number of urea groups is 1. The molecule has 1 atom stereocenters. The van der Waals surface area contributed by atoms with E-state index < -0.39 is 0 Å². The van der Waals surface area contributed by atoms with Crippen molar-refractivity contribution in [1.82, 2.24) is 20.0 Å². The Morgan fingerprint density at radius 3 is 2.39 bits per heavy atom. The summed E-state index contributed by atoms with van der Waals surface area (Å²) in [5.41, 5.74) is 1.22. The Kier molecular flexibility index (Phi) is 11.4. The monoisotopic (exact) mass is 448 g/mol. The number of rotatable bonds is 11. The van der Waals surface area contributed by atoms with Crippen LogP contribution in [0.5, 0.6) is 0 Å². The third kappa shape index (κ3) is 10.5. The van der Waals surface area contributed by atoms with Gasteiger partial charge < -0.3 is 15.1 Å². The van der Waals surface area contributed by atoms with Gasteiger partial charge in [-0.05, 0) is 31.4 Å². The van der Waals surface area contributed by atoms with E-state index in [2.05, 4.69) is 48.1 Å². The smallest absolute Gasteiger partial charge is 0.317 e. The molecule has 1 aliphatic rings. The van der Waals surface area contributed by atoms with Crippen molar-refractivity contribution in [3.63, 3.8) is 0 Å². The summed E-state index contributed by atoms with van der Waals surface area (Å²) in [4.78, 5) is 31.3. The lowest BCUT2D eigenvalue weighted by Crippen LogP contribution is -2.53. The molecule has 31 heavy (non-hydrogen) atoms. The molecule has 1 aromatic rings. The van der Waals surface area contributed by atoms with Gasteiger partial charge in [0.2, 0.25) is 0 Å². The normalized spacial score (nSPS) is 16.3. The van der Waals surface area contributed by atoms with E-state index in [0.717, 1.165) is 45.6 Å². The van der Waals surface area contributed by atoms with Crippen molar-refractivity contribution in [3.8, 4) is 0 Å². The van der Waals surface area contributed by atoms with Gasteiger partial charge in [-0.2, -0.15) is 0 Å². The van der Waals surface area contributed by atoms with Crippen LogP contribution < -0.4 is 5.32 Å². The first-order valence-corrected chi connectivity index (χ1v) is 12.5. The lowest BCUT2D eigenvalue weighted by molar-refractivity contribution is -0.109. The van der Waals surface area contributed by atoms with E-state index in [1.165, 1.54) is 17.3 Å². The van der Waals surface area contributed by atoms with Crippen molar-refractivity contribution in [2.45, 2.75) is 39.7 Å². The largest absolute Gasteiger partial charge is 0.334 e. The average Bonchev–Trinajstić information content (AvgIpc) is 2.72. The van der Waals surface area contributed by atoms with Crippen molar-refractivity contribution >= 4 is 22.9 Å². The Balaban J connectivity index is 1.97. The number of hydrogen-bond acceptors (Lipinski definition) is 5. The minimum Gasteiger partial charge on any atom is -0.334 e. The Labute approximate surface area is 192 Å². The van der Waals surface area contributed by atoms with E-state index in [1.54, 1.807) is 6.92 Å². The lowest BCUT2D eigenvalue weighted by atomic mass is 10.0. The van der Waals surface area contributed by atoms with Gasteiger partial charge in [-0.15, -0.1) is 0 Å². The number of carbonyl (C=O) groups excluding carboxylic acids is 2. The molecule has 2 rings (SSSR count). The van der Waals surface area contributed by atoms with E-state index in [0.29, 0.717) is 24.8 Å². The van der Waals surface area contributed by atoms with Gasteiger partial charge in [-0.25, -0.2) is 4.79 Å². The molecular weight excluding hydrogens is 408 g/mol. The SMILES string of the molecule is CC(=O)SCCN(CCc1ccccc1)C(=O)N[C@H](CC(C)C)CN1CCN(C)CC1. The van der Waals surface area contributed by atoms with E-state index >= 15 is 0 Å². The van der Waals surface area contributed by atoms with E-state index in [9.17, 15) is 9.59 Å². The first kappa shape index (κ1) is 25.7. The summed E-state index contributed by atoms with van der Waals surface area (Å²) in [6.45, 7) is 12.4. The highest BCUT2D eigenvalue weighted by Gasteiger charge is 2.23. The van der Waals surface area contributed by atoms with Gasteiger partial charge >= 0.3 is 6.03 Å². The van der Waals surface area contributed by atoms with Gasteiger partial charge in [0.1, 0.15) is 0 Å². The molecule has 0 spiro atoms. The standard InChI is InChI=1S/C24H40N4O2S/c1-20(2)18-23(19-27-14-12-26(4)13-15-27)25-24(30)28(16-17-31-21(3)29)11-10-22-8-6-5-7-9-22/h5-9,20,23H,10-19H2,1-4H3,(H,25,30)/t23-/m1/s1. The molecule has 174 valence electrons. The zero-order valence-electron chi connectivity index (χ0n) is 19.7. The van der Waals surface area contributed by atoms with Crippen LogP contribution >= 0.6 is 11.8 Å². The number of nitrogens with one attached hydrogen (secondary N) is 1. The number of carbonyl (C=O) groups is 2. The van der Waals surface area contributed by atoms with Crippen LogP contribution in [0.1, 0.15) is 32.8 Å². The Morgan fingerprint density at radius 1 is 1.10 bits per heavy atom. The summed E-state index contributed by atoms with van der Waals surface area (Å²) >= 11 is 1.28. The van der Waals surface area contributed by atoms with Crippen molar-refractivity contribution in [3.05, 3.63) is 35.9 Å². The van der Waals surface area contributed by atoms with Crippen molar-refractivity contribution in [2.24, 2.45) is 5.92 Å². The van der Waals surface area contributed by atoms with Crippen molar-refractivity contribution in [1.29, 1.82) is 0 Å². The van der Waals surface area contributed by atoms with Crippen molar-refractivity contribution in [2.75, 3.05) is 58.6 Å². The molecule has 0 bridgehead atoms. The number of hydrogen-bond donors (Lipinski definition) is 1. The molecule has 1 aliphatic heterocycles. The molecule has 0 radical (unpaired) electrons. The second-order valence-corrected chi connectivity index (χ2v) is 10.2. The predicted molar refractivity (Wildman–Crippen MR) is 131 cm³/mol. The second kappa shape index (κ2) is 13.8. The number of nitrogens with zero attached hydrogens (tertiary/aromatic N) is 3. The Morgan fingerprint density at radius 2 is 1.77 bits per heavy atom. The van der Waals surface area contributed by atoms with Crippen LogP contribution in [0.2, 0.25) is 0 Å². The molecule has 0 unspecified atom stereocenters. The summed E-state index contributed by atoms with van der Waals surface area (Å²) < 4.78 is 0. The summed E-state index contributed by atoms with van der Waals surface area (Å²) in [7, 11) is 2.16. The summed E-state index contributed by atoms with van der Waals surface area (Å²) in [6, 6.07) is 10.4. The number of likely N-dealkylation sites (N-methyl/N-ethyl adjacent to an activating group) is 1. The maximum atomic E-state index is 13.2. The van der Waals surface area contributed by atoms with Crippen LogP contribution in [0.25, 0.3) is 0 Å². The molecule has 6 nitrogen and oxygen atoms in total. The van der Waals surface area contributed by atoms with Gasteiger partial charge in [-0.1, -0.05) is 55.9 Å². The zero-order valence-corrected chi connectivity index (χ0v) is 20.5. The van der Waals surface area contributed by atoms with Gasteiger partial charge in [0.05, 0.1) is 0 Å². The molecule has 0 aromatic heterocycles. The minimum atomic E-state index is -0.0140. The second-order valence-electron chi connectivity index (χ2n) is 8.94. The van der Waals surface area contributed by atoms with Crippen molar-refractivity contribution < 1.29 is 9.59 Å². The fraction of sp³-hybridized carbons (Fsp3) is 0.667. The highest BCUT2D eigenvalue weighted by atomic mass is 32.2. The average molecular weight is 449 g/mol. The number of thioether (sulfide) groups is 1. The fourth-order valence-electron chi connectivity index (χ4n) is 3.88. The number of benzene rings is 1. The van der Waals surface area contributed by atoms with Gasteiger partial charge in [0, 0.05) is 64.5 Å². The van der Waals surface area contributed by atoms with Gasteiger partial charge in [-0.3, -0.25) is 9.69 Å². The van der Waals surface area contributed by atoms with Crippen LogP contribution in [0.15, 0.2) is 30.3 Å². The minimum absolute atomic E-state index is 0.0140. The molecule has 0 saturated carbocycles. The quantitative estimate of drug-likeness (QED) is 0.563. The molecular formula is C24H40N4O2S. The third-order valence-electron chi connectivity index (χ3n) is 5.62. The van der Waals surface area contributed by atoms with Gasteiger partial charge in [0.25, 0.3) is 0 Å². The maximum absolute atomic E-state index is 13.2. The van der Waals surface area contributed by atoms with Crippen LogP contribution in [0.3, 0.4) is 0 Å². The number of amides is 2. The maximum Gasteiger partial charge on any atom is 0.317 e. The molecule has 1 fully saturated rings. The van der Waals surface area contributed by atoms with E-state index in [-0.39, 0.29) is 17.2 Å². The Bertz CT molecular complexity index is 663. The van der Waals surface area contributed by atoms with Crippen LogP contribution in [0, 0.1) is 5.92 Å². The third-order valence-corrected chi connectivity index (χ3v) is 6.42. The first-order valence-electron chi connectivity index (χ1n) is 11.5. The van der Waals surface area contributed by atoms with E-state index in [1.807, 2.05) is 23.1 Å². The summed E-state index contributed by atoms with van der Waals surface area (Å²) in [5, 5.41) is 3.41. The van der Waals surface area contributed by atoms with E-state index in [4.69, 9.17) is 0 Å². The molecule has 7 heteroatoms. The topological polar surface area (TPSA) is 55.9 Å². The molecule has 1 heterocycles. The number of piperazine rings is 1. The molecule has 1 aromatic carbocycles. The Hall–Kier alpha value is -1.57. The molecule has 0 aliphatic carbocycles. The highest BCUT2D eigenvalue weighted by molar-refractivity contribution is 8.13. The van der Waals surface area contributed by atoms with Crippen LogP contribution in [-0.2, 0) is 11.2 Å². The molecule has 1 saturated heterocycles. The summed E-state index contributed by atoms with van der Waals surface area (Å²) in [5.74, 6) is 1.15. The van der Waals surface area contributed by atoms with Crippen LogP contribution in [-0.4, -0.2) is 90.5 Å². The van der Waals surface area contributed by atoms with Gasteiger partial charge in [0.15, 0.2) is 5.12 Å². The van der Waals surface area contributed by atoms with Crippen LogP contribution in [0.4, 0.5) is 4.79 Å². The molecule has 1 N–H and O–H groups in total. The molecule has 2 amide bonds. The fourth-order valence-corrected chi connectivity index (χ4v) is 4.48. The first-order chi connectivity index (χ1) is 14.8. The zero-order chi connectivity index (χ0) is 22.6.